The Labute approximate surface area is 115 Å². The molecular formula is C14H14FN5. The first-order valence-electron chi connectivity index (χ1n) is 6.35. The average Bonchev–Trinajstić information content (AvgIpc) is 2.85. The largest absolute Gasteiger partial charge is 0.368 e. The van der Waals surface area contributed by atoms with Crippen molar-refractivity contribution in [3.8, 4) is 0 Å². The quantitative estimate of drug-likeness (QED) is 0.791. The third kappa shape index (κ3) is 2.59. The molecule has 0 aliphatic rings. The van der Waals surface area contributed by atoms with Gasteiger partial charge in [0, 0.05) is 18.1 Å². The van der Waals surface area contributed by atoms with Gasteiger partial charge in [0.1, 0.15) is 18.0 Å². The van der Waals surface area contributed by atoms with E-state index < -0.39 is 0 Å². The monoisotopic (exact) mass is 271 g/mol. The Hall–Kier alpha value is -2.50. The van der Waals surface area contributed by atoms with Gasteiger partial charge in [0.2, 0.25) is 0 Å². The van der Waals surface area contributed by atoms with Crippen LogP contribution in [0.25, 0.3) is 10.9 Å². The standard InChI is InChI=1S/C14H14FN5/c1-10-7-19-20(8-10)5-4-16-14-12-6-11(15)2-3-13(12)17-9-18-14/h2-3,6-9H,4-5H2,1H3,(H,16,17,18). The molecule has 3 rings (SSSR count). The van der Waals surface area contributed by atoms with E-state index >= 15 is 0 Å². The summed E-state index contributed by atoms with van der Waals surface area (Å²) in [4.78, 5) is 8.28. The van der Waals surface area contributed by atoms with E-state index in [-0.39, 0.29) is 5.82 Å². The summed E-state index contributed by atoms with van der Waals surface area (Å²) in [6.07, 6.45) is 5.26. The number of nitrogens with one attached hydrogen (secondary N) is 1. The van der Waals surface area contributed by atoms with Crippen LogP contribution in [0.15, 0.2) is 36.9 Å². The van der Waals surface area contributed by atoms with Crippen LogP contribution in [0.5, 0.6) is 0 Å². The second-order valence-corrected chi connectivity index (χ2v) is 4.59. The number of rotatable bonds is 4. The molecule has 2 aromatic heterocycles. The number of hydrogen-bond donors (Lipinski definition) is 1. The maximum Gasteiger partial charge on any atom is 0.137 e. The van der Waals surface area contributed by atoms with E-state index in [0.717, 1.165) is 11.1 Å². The highest BCUT2D eigenvalue weighted by molar-refractivity contribution is 5.88. The van der Waals surface area contributed by atoms with Crippen LogP contribution in [0.4, 0.5) is 10.2 Å². The zero-order chi connectivity index (χ0) is 13.9. The zero-order valence-electron chi connectivity index (χ0n) is 11.0. The van der Waals surface area contributed by atoms with Gasteiger partial charge >= 0.3 is 0 Å². The number of nitrogens with zero attached hydrogens (tertiary/aromatic N) is 4. The lowest BCUT2D eigenvalue weighted by molar-refractivity contribution is 0.629. The van der Waals surface area contributed by atoms with Gasteiger partial charge in [-0.05, 0) is 30.7 Å². The van der Waals surface area contributed by atoms with Gasteiger partial charge in [-0.3, -0.25) is 4.68 Å². The number of fused-ring (bicyclic) bond motifs is 1. The molecule has 5 nitrogen and oxygen atoms in total. The van der Waals surface area contributed by atoms with Crippen LogP contribution in [-0.4, -0.2) is 26.3 Å². The molecule has 102 valence electrons. The number of aryl methyl sites for hydroxylation is 1. The van der Waals surface area contributed by atoms with E-state index in [9.17, 15) is 4.39 Å². The van der Waals surface area contributed by atoms with Gasteiger partial charge in [-0.2, -0.15) is 5.10 Å². The first-order valence-corrected chi connectivity index (χ1v) is 6.35. The lowest BCUT2D eigenvalue weighted by atomic mass is 10.2. The molecule has 20 heavy (non-hydrogen) atoms. The highest BCUT2D eigenvalue weighted by atomic mass is 19.1. The SMILES string of the molecule is Cc1cnn(CCNc2ncnc3ccc(F)cc23)c1. The lowest BCUT2D eigenvalue weighted by Gasteiger charge is -2.08. The van der Waals surface area contributed by atoms with Gasteiger partial charge in [-0.15, -0.1) is 0 Å². The molecule has 0 saturated heterocycles. The van der Waals surface area contributed by atoms with Crippen LogP contribution in [0.2, 0.25) is 0 Å². The van der Waals surface area contributed by atoms with Crippen molar-refractivity contribution >= 4 is 16.7 Å². The van der Waals surface area contributed by atoms with Crippen LogP contribution in [0, 0.1) is 12.7 Å². The molecule has 0 atom stereocenters. The van der Waals surface area contributed by atoms with Crippen LogP contribution in [0.3, 0.4) is 0 Å². The molecule has 0 spiro atoms. The van der Waals surface area contributed by atoms with Gasteiger partial charge in [0.15, 0.2) is 0 Å². The minimum Gasteiger partial charge on any atom is -0.368 e. The van der Waals surface area contributed by atoms with E-state index in [1.54, 1.807) is 6.07 Å². The van der Waals surface area contributed by atoms with Gasteiger partial charge in [-0.1, -0.05) is 0 Å². The molecule has 1 aromatic carbocycles. The Bertz CT molecular complexity index is 737. The van der Waals surface area contributed by atoms with Gasteiger partial charge < -0.3 is 5.32 Å². The van der Waals surface area contributed by atoms with E-state index in [1.165, 1.54) is 18.5 Å². The maximum atomic E-state index is 13.3. The van der Waals surface area contributed by atoms with Crippen molar-refractivity contribution < 1.29 is 4.39 Å². The molecule has 1 N–H and O–H groups in total. The molecule has 0 radical (unpaired) electrons. The Morgan fingerprint density at radius 1 is 1.30 bits per heavy atom. The van der Waals surface area contributed by atoms with Crippen LogP contribution in [0.1, 0.15) is 5.56 Å². The Balaban J connectivity index is 1.75. The first-order chi connectivity index (χ1) is 9.72. The summed E-state index contributed by atoms with van der Waals surface area (Å²) < 4.78 is 15.2. The fraction of sp³-hybridized carbons (Fsp3) is 0.214. The Morgan fingerprint density at radius 2 is 2.20 bits per heavy atom. The van der Waals surface area contributed by atoms with Crippen molar-refractivity contribution in [2.24, 2.45) is 0 Å². The summed E-state index contributed by atoms with van der Waals surface area (Å²) in [5, 5.41) is 8.09. The summed E-state index contributed by atoms with van der Waals surface area (Å²) in [6, 6.07) is 4.48. The second-order valence-electron chi connectivity index (χ2n) is 4.59. The lowest BCUT2D eigenvalue weighted by Crippen LogP contribution is -2.12. The normalized spacial score (nSPS) is 10.9. The summed E-state index contributed by atoms with van der Waals surface area (Å²) in [5.74, 6) is 0.344. The smallest absolute Gasteiger partial charge is 0.137 e. The Kier molecular flexibility index (Phi) is 3.28. The highest BCUT2D eigenvalue weighted by Gasteiger charge is 2.04. The molecule has 6 heteroatoms. The minimum absolute atomic E-state index is 0.293. The van der Waals surface area contributed by atoms with Crippen molar-refractivity contribution in [3.63, 3.8) is 0 Å². The fourth-order valence-corrected chi connectivity index (χ4v) is 2.05. The molecule has 0 aliphatic heterocycles. The fourth-order valence-electron chi connectivity index (χ4n) is 2.05. The predicted molar refractivity (Wildman–Crippen MR) is 74.9 cm³/mol. The maximum absolute atomic E-state index is 13.3. The second kappa shape index (κ2) is 5.24. The third-order valence-corrected chi connectivity index (χ3v) is 2.99. The third-order valence-electron chi connectivity index (χ3n) is 2.99. The van der Waals surface area contributed by atoms with E-state index in [0.29, 0.717) is 24.3 Å². The highest BCUT2D eigenvalue weighted by Crippen LogP contribution is 2.19. The predicted octanol–water partition coefficient (Wildman–Crippen LogP) is 2.39. The molecule has 0 saturated carbocycles. The van der Waals surface area contributed by atoms with Crippen LogP contribution in [-0.2, 0) is 6.54 Å². The molecule has 0 fully saturated rings. The summed E-state index contributed by atoms with van der Waals surface area (Å²) in [5.41, 5.74) is 1.85. The van der Waals surface area contributed by atoms with Crippen molar-refractivity contribution in [1.29, 1.82) is 0 Å². The van der Waals surface area contributed by atoms with Crippen LogP contribution < -0.4 is 5.32 Å². The number of aromatic nitrogens is 4. The number of anilines is 1. The van der Waals surface area contributed by atoms with Gasteiger partial charge in [0.05, 0.1) is 18.3 Å². The van der Waals surface area contributed by atoms with E-state index in [2.05, 4.69) is 20.4 Å². The topological polar surface area (TPSA) is 55.6 Å². The van der Waals surface area contributed by atoms with Crippen molar-refractivity contribution in [2.75, 3.05) is 11.9 Å². The number of benzene rings is 1. The van der Waals surface area contributed by atoms with E-state index in [4.69, 9.17) is 0 Å². The molecule has 0 amide bonds. The van der Waals surface area contributed by atoms with Crippen LogP contribution >= 0.6 is 0 Å². The molecule has 2 heterocycles. The van der Waals surface area contributed by atoms with Gasteiger partial charge in [-0.25, -0.2) is 14.4 Å². The number of halogens is 1. The average molecular weight is 271 g/mol. The summed E-state index contributed by atoms with van der Waals surface area (Å²) in [6.45, 7) is 3.37. The minimum atomic E-state index is -0.293. The van der Waals surface area contributed by atoms with Crippen molar-refractivity contribution in [3.05, 3.63) is 48.3 Å². The molecule has 3 aromatic rings. The molecule has 0 unspecified atom stereocenters. The van der Waals surface area contributed by atoms with Crippen molar-refractivity contribution in [1.82, 2.24) is 19.7 Å². The van der Waals surface area contributed by atoms with Gasteiger partial charge in [0.25, 0.3) is 0 Å². The first kappa shape index (κ1) is 12.5. The Morgan fingerprint density at radius 3 is 3.00 bits per heavy atom. The zero-order valence-corrected chi connectivity index (χ0v) is 11.0. The molecular weight excluding hydrogens is 257 g/mol. The summed E-state index contributed by atoms with van der Waals surface area (Å²) in [7, 11) is 0. The number of hydrogen-bond acceptors (Lipinski definition) is 4. The van der Waals surface area contributed by atoms with Crippen molar-refractivity contribution in [2.45, 2.75) is 13.5 Å². The molecule has 0 aliphatic carbocycles. The molecule has 0 bridgehead atoms. The summed E-state index contributed by atoms with van der Waals surface area (Å²) >= 11 is 0. The van der Waals surface area contributed by atoms with E-state index in [1.807, 2.05) is 24.0 Å².